The van der Waals surface area contributed by atoms with E-state index in [0.29, 0.717) is 24.5 Å². The first-order valence-electron chi connectivity index (χ1n) is 8.31. The minimum Gasteiger partial charge on any atom is -0.380 e. The number of fused-ring (bicyclic) bond motifs is 2. The van der Waals surface area contributed by atoms with Crippen LogP contribution in [0.2, 0.25) is 0 Å². The van der Waals surface area contributed by atoms with Crippen LogP contribution in [0.1, 0.15) is 37.7 Å². The fraction of sp³-hybridized carbons (Fsp3) is 0.611. The quantitative estimate of drug-likeness (QED) is 0.884. The van der Waals surface area contributed by atoms with E-state index in [1.807, 2.05) is 24.3 Å². The third-order valence-corrected chi connectivity index (χ3v) is 5.29. The highest BCUT2D eigenvalue weighted by Gasteiger charge is 2.40. The molecule has 23 heavy (non-hydrogen) atoms. The maximum Gasteiger partial charge on any atom is 0.227 e. The molecule has 0 spiro atoms. The molecule has 0 aromatic heterocycles. The van der Waals surface area contributed by atoms with Crippen molar-refractivity contribution >= 4 is 24.0 Å². The number of carbonyl (C=O) groups is 1. The van der Waals surface area contributed by atoms with Gasteiger partial charge in [-0.25, -0.2) is 0 Å². The zero-order valence-corrected chi connectivity index (χ0v) is 14.5. The fourth-order valence-electron chi connectivity index (χ4n) is 4.15. The van der Waals surface area contributed by atoms with Crippen molar-refractivity contribution in [2.24, 2.45) is 23.5 Å². The van der Waals surface area contributed by atoms with Gasteiger partial charge in [-0.1, -0.05) is 18.6 Å². The molecule has 2 fully saturated rings. The van der Waals surface area contributed by atoms with Crippen LogP contribution >= 0.6 is 12.4 Å². The van der Waals surface area contributed by atoms with E-state index in [4.69, 9.17) is 10.5 Å². The van der Waals surface area contributed by atoms with Crippen LogP contribution in [0.15, 0.2) is 24.3 Å². The third-order valence-electron chi connectivity index (χ3n) is 5.29. The summed E-state index contributed by atoms with van der Waals surface area (Å²) in [6.45, 7) is 0.562. The molecule has 0 radical (unpaired) electrons. The zero-order chi connectivity index (χ0) is 15.5. The summed E-state index contributed by atoms with van der Waals surface area (Å²) in [6.07, 6.45) is 5.54. The Morgan fingerprint density at radius 1 is 1.30 bits per heavy atom. The fourth-order valence-corrected chi connectivity index (χ4v) is 4.15. The van der Waals surface area contributed by atoms with E-state index in [2.05, 4.69) is 5.32 Å². The summed E-state index contributed by atoms with van der Waals surface area (Å²) in [4.78, 5) is 12.6. The van der Waals surface area contributed by atoms with E-state index in [1.165, 1.54) is 19.3 Å². The van der Waals surface area contributed by atoms with Gasteiger partial charge in [-0.3, -0.25) is 4.79 Å². The summed E-state index contributed by atoms with van der Waals surface area (Å²) < 4.78 is 5.14. The lowest BCUT2D eigenvalue weighted by Crippen LogP contribution is -2.48. The van der Waals surface area contributed by atoms with Gasteiger partial charge in [0.2, 0.25) is 5.91 Å². The van der Waals surface area contributed by atoms with E-state index in [9.17, 15) is 4.79 Å². The van der Waals surface area contributed by atoms with Crippen LogP contribution in [0.4, 0.5) is 5.69 Å². The van der Waals surface area contributed by atoms with Crippen LogP contribution in [-0.4, -0.2) is 19.1 Å². The number of amides is 1. The molecule has 0 aliphatic heterocycles. The summed E-state index contributed by atoms with van der Waals surface area (Å²) in [5.74, 6) is 1.32. The minimum atomic E-state index is 0. The molecule has 2 saturated carbocycles. The first-order valence-corrected chi connectivity index (χ1v) is 8.31. The van der Waals surface area contributed by atoms with E-state index in [-0.39, 0.29) is 24.2 Å². The lowest BCUT2D eigenvalue weighted by Gasteiger charge is -2.43. The second-order valence-corrected chi connectivity index (χ2v) is 6.82. The van der Waals surface area contributed by atoms with E-state index < -0.39 is 0 Å². The maximum atomic E-state index is 12.6. The number of halogens is 1. The molecule has 2 bridgehead atoms. The molecule has 3 N–H and O–H groups in total. The van der Waals surface area contributed by atoms with Gasteiger partial charge in [0.05, 0.1) is 6.61 Å². The van der Waals surface area contributed by atoms with E-state index >= 15 is 0 Å². The van der Waals surface area contributed by atoms with Crippen molar-refractivity contribution in [1.82, 2.24) is 0 Å². The molecule has 1 aromatic carbocycles. The Bertz CT molecular complexity index is 524. The van der Waals surface area contributed by atoms with Crippen LogP contribution in [0, 0.1) is 17.8 Å². The van der Waals surface area contributed by atoms with Crippen molar-refractivity contribution < 1.29 is 9.53 Å². The van der Waals surface area contributed by atoms with Gasteiger partial charge in [-0.05, 0) is 55.2 Å². The number of carbonyl (C=O) groups excluding carboxylic acids is 1. The molecule has 5 heteroatoms. The van der Waals surface area contributed by atoms with Gasteiger partial charge in [-0.15, -0.1) is 12.4 Å². The van der Waals surface area contributed by atoms with Crippen molar-refractivity contribution in [2.75, 3.05) is 12.4 Å². The Kier molecular flexibility index (Phi) is 6.45. The van der Waals surface area contributed by atoms with Gasteiger partial charge >= 0.3 is 0 Å². The van der Waals surface area contributed by atoms with Crippen molar-refractivity contribution in [1.29, 1.82) is 0 Å². The summed E-state index contributed by atoms with van der Waals surface area (Å²) >= 11 is 0. The smallest absolute Gasteiger partial charge is 0.227 e. The summed E-state index contributed by atoms with van der Waals surface area (Å²) in [5, 5.41) is 3.08. The predicted octanol–water partition coefficient (Wildman–Crippen LogP) is 3.35. The first kappa shape index (κ1) is 18.2. The minimum absolute atomic E-state index is 0. The number of rotatable bonds is 4. The van der Waals surface area contributed by atoms with E-state index in [1.54, 1.807) is 7.11 Å². The first-order chi connectivity index (χ1) is 10.7. The van der Waals surface area contributed by atoms with Crippen molar-refractivity contribution in [2.45, 2.75) is 44.8 Å². The summed E-state index contributed by atoms with van der Waals surface area (Å²) in [6, 6.07) is 8.19. The maximum absolute atomic E-state index is 12.6. The molecule has 2 unspecified atom stereocenters. The predicted molar refractivity (Wildman–Crippen MR) is 94.6 cm³/mol. The van der Waals surface area contributed by atoms with Crippen molar-refractivity contribution in [3.8, 4) is 0 Å². The Hall–Kier alpha value is -1.10. The van der Waals surface area contributed by atoms with Crippen LogP contribution < -0.4 is 11.1 Å². The molecule has 1 aromatic rings. The molecule has 2 aliphatic carbocycles. The second kappa shape index (κ2) is 8.13. The number of benzene rings is 1. The van der Waals surface area contributed by atoms with Gasteiger partial charge in [0.15, 0.2) is 0 Å². The largest absolute Gasteiger partial charge is 0.380 e. The topological polar surface area (TPSA) is 64.3 Å². The molecule has 4 nitrogen and oxygen atoms in total. The number of hydrogen-bond donors (Lipinski definition) is 2. The number of ether oxygens (including phenoxy) is 1. The molecule has 0 saturated heterocycles. The van der Waals surface area contributed by atoms with Crippen LogP contribution in [0.25, 0.3) is 0 Å². The normalized spacial score (nSPS) is 29.5. The molecule has 1 amide bonds. The number of methoxy groups -OCH3 is 1. The Morgan fingerprint density at radius 2 is 2.00 bits per heavy atom. The number of nitrogens with one attached hydrogen (secondary N) is 1. The molecular formula is C18H27ClN2O2. The van der Waals surface area contributed by atoms with Crippen LogP contribution in [-0.2, 0) is 16.1 Å². The van der Waals surface area contributed by atoms with E-state index in [0.717, 1.165) is 24.1 Å². The molecule has 2 aliphatic rings. The second-order valence-electron chi connectivity index (χ2n) is 6.82. The summed E-state index contributed by atoms with van der Waals surface area (Å²) in [7, 11) is 1.68. The third kappa shape index (κ3) is 4.25. The number of hydrogen-bond acceptors (Lipinski definition) is 3. The molecular weight excluding hydrogens is 312 g/mol. The van der Waals surface area contributed by atoms with Gasteiger partial charge in [-0.2, -0.15) is 0 Å². The van der Waals surface area contributed by atoms with Crippen LogP contribution in [0.5, 0.6) is 0 Å². The highest BCUT2D eigenvalue weighted by atomic mass is 35.5. The number of anilines is 1. The Labute approximate surface area is 144 Å². The number of nitrogens with two attached hydrogens (primary N) is 1. The van der Waals surface area contributed by atoms with Crippen molar-refractivity contribution in [3.05, 3.63) is 29.8 Å². The van der Waals surface area contributed by atoms with Crippen molar-refractivity contribution in [3.63, 3.8) is 0 Å². The standard InChI is InChI=1S/C18H26N2O2.ClH/c1-22-11-12-4-2-7-16(8-12)20-18(21)15-9-13-5-3-6-14(10-15)17(13)19;/h2,4,7-8,13-15,17H,3,5-6,9-11,19H2,1H3,(H,20,21);1H. The average Bonchev–Trinajstić information content (AvgIpc) is 2.47. The van der Waals surface area contributed by atoms with Crippen LogP contribution in [0.3, 0.4) is 0 Å². The zero-order valence-electron chi connectivity index (χ0n) is 13.7. The highest BCUT2D eigenvalue weighted by molar-refractivity contribution is 5.92. The van der Waals surface area contributed by atoms with Gasteiger partial charge in [0, 0.05) is 24.8 Å². The Morgan fingerprint density at radius 3 is 2.65 bits per heavy atom. The van der Waals surface area contributed by atoms with Gasteiger partial charge in [0.25, 0.3) is 0 Å². The lowest BCUT2D eigenvalue weighted by atomic mass is 9.65. The molecule has 2 atom stereocenters. The Balaban J connectivity index is 0.00000192. The van der Waals surface area contributed by atoms with Gasteiger partial charge in [0.1, 0.15) is 0 Å². The molecule has 3 rings (SSSR count). The SMILES string of the molecule is COCc1cccc(NC(=O)C2CC3CCCC(C2)C3N)c1.Cl. The molecule has 0 heterocycles. The summed E-state index contributed by atoms with van der Waals surface area (Å²) in [5.41, 5.74) is 8.24. The monoisotopic (exact) mass is 338 g/mol. The average molecular weight is 339 g/mol. The molecule has 128 valence electrons. The van der Waals surface area contributed by atoms with Gasteiger partial charge < -0.3 is 15.8 Å². The lowest BCUT2D eigenvalue weighted by molar-refractivity contribution is -0.122. The highest BCUT2D eigenvalue weighted by Crippen LogP contribution is 2.42.